The van der Waals surface area contributed by atoms with Crippen molar-refractivity contribution < 1.29 is 55.3 Å². The summed E-state index contributed by atoms with van der Waals surface area (Å²) in [5.74, 6) is -2.88. The summed E-state index contributed by atoms with van der Waals surface area (Å²) in [6.07, 6.45) is 1.99. The molecule has 4 aromatic rings. The Morgan fingerprint density at radius 2 is 1.08 bits per heavy atom. The fourth-order valence-corrected chi connectivity index (χ4v) is 9.56. The molecule has 3 amide bonds. The molecule has 18 nitrogen and oxygen atoms in total. The Kier molecular flexibility index (Phi) is 17.7. The molecule has 3 unspecified atom stereocenters. The van der Waals surface area contributed by atoms with Crippen LogP contribution in [0, 0.1) is 0 Å². The minimum Gasteiger partial charge on any atom is -0.507 e. The van der Waals surface area contributed by atoms with E-state index in [2.05, 4.69) is 40.4 Å². The van der Waals surface area contributed by atoms with Crippen molar-refractivity contribution in [2.75, 3.05) is 41.3 Å². The molecular weight excluding hydrogens is 877 g/mol. The number of rotatable bonds is 26. The number of nitrogens with one attached hydrogen (secondary N) is 4. The summed E-state index contributed by atoms with van der Waals surface area (Å²) in [7, 11) is -4.78. The molecule has 0 aliphatic carbocycles. The van der Waals surface area contributed by atoms with E-state index in [1.54, 1.807) is 19.1 Å². The van der Waals surface area contributed by atoms with Crippen LogP contribution in [0.3, 0.4) is 0 Å². The number of carbonyl (C=O) groups excluding carboxylic acids is 3. The maximum absolute atomic E-state index is 14.5. The van der Waals surface area contributed by atoms with Gasteiger partial charge in [0.05, 0.1) is 16.3 Å². The highest BCUT2D eigenvalue weighted by Crippen LogP contribution is 2.47. The lowest BCUT2D eigenvalue weighted by atomic mass is 9.92. The number of anilines is 2. The van der Waals surface area contributed by atoms with Gasteiger partial charge in [-0.15, -0.1) is 0 Å². The second-order valence-electron chi connectivity index (χ2n) is 15.1. The van der Waals surface area contributed by atoms with Gasteiger partial charge in [-0.05, 0) is 77.8 Å². The zero-order valence-corrected chi connectivity index (χ0v) is 37.8. The van der Waals surface area contributed by atoms with Gasteiger partial charge in [0.15, 0.2) is 0 Å². The number of unbranched alkanes of at least 4 members (excludes halogenated alkanes) is 3. The summed E-state index contributed by atoms with van der Waals surface area (Å²) >= 11 is -5.39. The molecule has 0 heterocycles. The van der Waals surface area contributed by atoms with Crippen molar-refractivity contribution in [1.29, 1.82) is 0 Å². The average Bonchev–Trinajstić information content (AvgIpc) is 3.21. The smallest absolute Gasteiger partial charge is 0.321 e. The lowest BCUT2D eigenvalue weighted by Gasteiger charge is -2.27. The number of carboxylic acid groups (broad SMARTS) is 1. The van der Waals surface area contributed by atoms with Gasteiger partial charge in [0, 0.05) is 87.8 Å². The molecule has 4 aromatic carbocycles. The number of hydrogen-bond acceptors (Lipinski definition) is 9. The minimum atomic E-state index is -4.78. The molecule has 8 N–H and O–H groups in total. The van der Waals surface area contributed by atoms with Crippen LogP contribution in [0.4, 0.5) is 11.4 Å². The number of phenols is 1. The molecule has 4 rings (SSSR count). The van der Waals surface area contributed by atoms with Crippen LogP contribution >= 0.6 is 0 Å². The molecule has 0 saturated heterocycles. The Morgan fingerprint density at radius 1 is 0.651 bits per heavy atom. The number of carbonyl (C=O) groups is 4. The quantitative estimate of drug-likeness (QED) is 0.0184. The third-order valence-electron chi connectivity index (χ3n) is 10.1. The highest BCUT2D eigenvalue weighted by Gasteiger charge is 2.31. The van der Waals surface area contributed by atoms with Crippen LogP contribution in [-0.4, -0.2) is 98.6 Å². The lowest BCUT2D eigenvalue weighted by Crippen LogP contribution is -2.41. The number of amides is 3. The zero-order valence-electron chi connectivity index (χ0n) is 35.3. The van der Waals surface area contributed by atoms with Crippen molar-refractivity contribution in [2.24, 2.45) is 0 Å². The van der Waals surface area contributed by atoms with Crippen molar-refractivity contribution in [1.82, 2.24) is 20.7 Å². The minimum absolute atomic E-state index is 0.0335. The number of sulfonamides is 1. The Morgan fingerprint density at radius 3 is 1.57 bits per heavy atom. The van der Waals surface area contributed by atoms with Crippen molar-refractivity contribution >= 4 is 99.9 Å². The second kappa shape index (κ2) is 22.3. The number of carboxylic acids is 1. The molecule has 0 fully saturated rings. The summed E-state index contributed by atoms with van der Waals surface area (Å²) in [4.78, 5) is 47.9. The topological polar surface area (TPSA) is 272 Å². The summed E-state index contributed by atoms with van der Waals surface area (Å²) in [5.41, 5.74) is 0.963. The van der Waals surface area contributed by atoms with E-state index < -0.39 is 55.4 Å². The first-order valence-corrected chi connectivity index (χ1v) is 23.6. The second-order valence-corrected chi connectivity index (χ2v) is 18.6. The van der Waals surface area contributed by atoms with Gasteiger partial charge in [-0.3, -0.25) is 36.9 Å². The summed E-state index contributed by atoms with van der Waals surface area (Å²) in [6, 6.07) is 6.88. The zero-order chi connectivity index (χ0) is 46.8. The first kappa shape index (κ1) is 50.2. The maximum Gasteiger partial charge on any atom is 0.321 e. The fraction of sp³-hybridized carbons (Fsp3) is 0.381. The molecule has 0 bridgehead atoms. The number of hydrogen-bond donors (Lipinski definition) is 8. The summed E-state index contributed by atoms with van der Waals surface area (Å²) < 4.78 is 80.6. The van der Waals surface area contributed by atoms with E-state index in [1.165, 1.54) is 32.0 Å². The molecule has 3 atom stereocenters. The molecule has 0 aliphatic rings. The summed E-state index contributed by atoms with van der Waals surface area (Å²) in [5, 5.41) is 30.9. The van der Waals surface area contributed by atoms with Gasteiger partial charge in [-0.2, -0.15) is 4.72 Å². The van der Waals surface area contributed by atoms with Crippen molar-refractivity contribution in [3.8, 4) is 5.75 Å². The van der Waals surface area contributed by atoms with Crippen molar-refractivity contribution in [2.45, 2.75) is 76.7 Å². The van der Waals surface area contributed by atoms with E-state index in [9.17, 15) is 55.3 Å². The fourth-order valence-electron chi connectivity index (χ4n) is 6.90. The van der Waals surface area contributed by atoms with Gasteiger partial charge < -0.3 is 26.2 Å². The Hall–Kier alpha value is -5.45. The van der Waals surface area contributed by atoms with Gasteiger partial charge >= 0.3 is 5.97 Å². The first-order chi connectivity index (χ1) is 29.7. The van der Waals surface area contributed by atoms with Crippen LogP contribution in [0.25, 0.3) is 32.3 Å². The molecule has 0 saturated carbocycles. The van der Waals surface area contributed by atoms with Crippen molar-refractivity contribution in [3.63, 3.8) is 0 Å². The highest BCUT2D eigenvalue weighted by atomic mass is 32.2. The SMILES string of the molecule is C=C(C)C(=O)NCCCCCN(c1cc(O)c2ccc3c(S(=O)(=O)NC(CCCCNC(=O)C(=C)C)C(=O)O)cc(N(CCCNC(=O)C(=C)C)S(=O)O)c4ccc1c2c43)S(=O)O. The van der Waals surface area contributed by atoms with E-state index in [1.807, 2.05) is 0 Å². The van der Waals surface area contributed by atoms with E-state index in [-0.39, 0.29) is 107 Å². The van der Waals surface area contributed by atoms with Gasteiger partial charge in [-0.25, -0.2) is 16.8 Å². The van der Waals surface area contributed by atoms with Gasteiger partial charge in [0.1, 0.15) is 11.8 Å². The predicted octanol–water partition coefficient (Wildman–Crippen LogP) is 4.71. The number of aromatic hydroxyl groups is 1. The highest BCUT2D eigenvalue weighted by molar-refractivity contribution is 7.89. The van der Waals surface area contributed by atoms with E-state index >= 15 is 0 Å². The number of aliphatic carboxylic acids is 1. The Bertz CT molecular complexity index is 2580. The molecule has 0 aromatic heterocycles. The van der Waals surface area contributed by atoms with Gasteiger partial charge in [0.25, 0.3) is 22.5 Å². The van der Waals surface area contributed by atoms with E-state index in [0.29, 0.717) is 48.8 Å². The van der Waals surface area contributed by atoms with Crippen LogP contribution in [0.1, 0.15) is 65.7 Å². The van der Waals surface area contributed by atoms with Crippen LogP contribution in [0.15, 0.2) is 77.7 Å². The van der Waals surface area contributed by atoms with E-state index in [0.717, 1.165) is 14.7 Å². The van der Waals surface area contributed by atoms with Crippen LogP contribution in [0.5, 0.6) is 5.75 Å². The average molecular weight is 931 g/mol. The van der Waals surface area contributed by atoms with Crippen LogP contribution in [0.2, 0.25) is 0 Å². The number of nitrogens with zero attached hydrogens (tertiary/aromatic N) is 2. The molecular formula is C42H54N6O12S3. The van der Waals surface area contributed by atoms with Crippen molar-refractivity contribution in [3.05, 3.63) is 72.9 Å². The molecule has 0 radical (unpaired) electrons. The third kappa shape index (κ3) is 12.6. The number of benzene rings is 4. The predicted molar refractivity (Wildman–Crippen MR) is 246 cm³/mol. The van der Waals surface area contributed by atoms with Gasteiger partial charge in [0.2, 0.25) is 27.7 Å². The van der Waals surface area contributed by atoms with Gasteiger partial charge in [-0.1, -0.05) is 37.9 Å². The summed E-state index contributed by atoms with van der Waals surface area (Å²) in [6.45, 7) is 15.9. The number of phenolic OH excluding ortho intramolecular Hbond substituents is 1. The lowest BCUT2D eigenvalue weighted by molar-refractivity contribution is -0.139. The molecule has 21 heteroatoms. The molecule has 342 valence electrons. The Balaban J connectivity index is 1.86. The largest absolute Gasteiger partial charge is 0.507 e. The van der Waals surface area contributed by atoms with E-state index in [4.69, 9.17) is 0 Å². The normalized spacial score (nSPS) is 13.0. The maximum atomic E-state index is 14.5. The molecule has 63 heavy (non-hydrogen) atoms. The standard InChI is InChI=1S/C42H54N6O12S3/c1-25(2)39(50)43-18-9-7-11-21-47(61(55)56)33-23-35(49)30-16-17-31-36(63(59,60)46-32(42(53)54)13-8-10-19-44-40(51)26(3)4)24-34(29-15-14-28(33)37(30)38(29)31)48(62(57)58)22-12-20-45-41(52)27(5)6/h14-17,23-24,32,46,49H,1,3,5,7-13,18-22H2,2,4,6H3,(H,43,50)(H,44,51)(H,45,52)(H,53,54)(H,55,56)(H,57,58). The van der Waals surface area contributed by atoms with Crippen LogP contribution in [-0.2, 0) is 51.7 Å². The van der Waals surface area contributed by atoms with Crippen LogP contribution < -0.4 is 29.3 Å². The molecule has 0 aliphatic heterocycles. The first-order valence-electron chi connectivity index (χ1n) is 20.0. The molecule has 0 spiro atoms. The Labute approximate surface area is 371 Å². The third-order valence-corrected chi connectivity index (χ3v) is 13.1. The monoisotopic (exact) mass is 930 g/mol.